The van der Waals surface area contributed by atoms with Gasteiger partial charge in [-0.3, -0.25) is 4.98 Å². The first-order chi connectivity index (χ1) is 8.17. The fourth-order valence-electron chi connectivity index (χ4n) is 2.09. The highest BCUT2D eigenvalue weighted by molar-refractivity contribution is 9.09. The first-order valence-electron chi connectivity index (χ1n) is 6.73. The molecular formula is C15H24BrN. The second-order valence-corrected chi connectivity index (χ2v) is 6.03. The molecule has 0 amide bonds. The quantitative estimate of drug-likeness (QED) is 0.652. The third-order valence-electron chi connectivity index (χ3n) is 3.34. The van der Waals surface area contributed by atoms with E-state index in [2.05, 4.69) is 53.8 Å². The number of rotatable bonds is 7. The van der Waals surface area contributed by atoms with Gasteiger partial charge >= 0.3 is 0 Å². The van der Waals surface area contributed by atoms with Crippen molar-refractivity contribution in [3.05, 3.63) is 29.6 Å². The summed E-state index contributed by atoms with van der Waals surface area (Å²) in [5.74, 6) is 0.776. The van der Waals surface area contributed by atoms with Crippen molar-refractivity contribution in [1.82, 2.24) is 4.98 Å². The smallest absolute Gasteiger partial charge is 0.0415 e. The zero-order valence-electron chi connectivity index (χ0n) is 11.2. The van der Waals surface area contributed by atoms with Crippen LogP contribution in [-0.4, -0.2) is 9.81 Å². The molecule has 0 saturated heterocycles. The van der Waals surface area contributed by atoms with Crippen molar-refractivity contribution < 1.29 is 0 Å². The van der Waals surface area contributed by atoms with E-state index in [0.717, 1.165) is 12.3 Å². The molecule has 0 radical (unpaired) electrons. The number of nitrogens with zero attached hydrogens (tertiary/aromatic N) is 1. The molecule has 2 heteroatoms. The van der Waals surface area contributed by atoms with Crippen LogP contribution >= 0.6 is 15.9 Å². The maximum absolute atomic E-state index is 4.49. The zero-order valence-corrected chi connectivity index (χ0v) is 12.8. The number of unbranched alkanes of at least 4 members (excludes halogenated alkanes) is 1. The highest BCUT2D eigenvalue weighted by Crippen LogP contribution is 2.25. The Labute approximate surface area is 114 Å². The van der Waals surface area contributed by atoms with Crippen molar-refractivity contribution in [2.75, 3.05) is 0 Å². The van der Waals surface area contributed by atoms with Crippen LogP contribution < -0.4 is 0 Å². The summed E-state index contributed by atoms with van der Waals surface area (Å²) in [5.41, 5.74) is 2.44. The summed E-state index contributed by atoms with van der Waals surface area (Å²) in [7, 11) is 0. The second-order valence-electron chi connectivity index (χ2n) is 4.86. The van der Waals surface area contributed by atoms with Gasteiger partial charge in [-0.25, -0.2) is 0 Å². The molecule has 0 saturated carbocycles. The Balaban J connectivity index is 2.51. The molecule has 2 unspecified atom stereocenters. The van der Waals surface area contributed by atoms with E-state index >= 15 is 0 Å². The molecule has 2 atom stereocenters. The number of pyridine rings is 1. The fourth-order valence-corrected chi connectivity index (χ4v) is 3.06. The summed E-state index contributed by atoms with van der Waals surface area (Å²) in [5, 5.41) is 0. The van der Waals surface area contributed by atoms with Gasteiger partial charge < -0.3 is 0 Å². The minimum atomic E-state index is 0.564. The van der Waals surface area contributed by atoms with Gasteiger partial charge in [0.15, 0.2) is 0 Å². The fraction of sp³-hybridized carbons (Fsp3) is 0.667. The van der Waals surface area contributed by atoms with Gasteiger partial charge in [-0.1, -0.05) is 55.1 Å². The van der Waals surface area contributed by atoms with Crippen LogP contribution in [0.2, 0.25) is 0 Å². The van der Waals surface area contributed by atoms with E-state index in [-0.39, 0.29) is 0 Å². The Morgan fingerprint density at radius 2 is 2.06 bits per heavy atom. The molecule has 0 N–H and O–H groups in total. The molecule has 0 aliphatic heterocycles. The van der Waals surface area contributed by atoms with E-state index in [0.29, 0.717) is 4.83 Å². The second kappa shape index (κ2) is 7.86. The van der Waals surface area contributed by atoms with Crippen LogP contribution in [0.25, 0.3) is 0 Å². The Bertz CT molecular complexity index is 307. The molecule has 0 bridgehead atoms. The lowest BCUT2D eigenvalue weighted by Crippen LogP contribution is -2.17. The average Bonchev–Trinajstić information content (AvgIpc) is 2.33. The molecular weight excluding hydrogens is 274 g/mol. The maximum Gasteiger partial charge on any atom is 0.0415 e. The van der Waals surface area contributed by atoms with Crippen LogP contribution in [0.4, 0.5) is 0 Å². The first-order valence-corrected chi connectivity index (χ1v) is 7.64. The Hall–Kier alpha value is -0.370. The summed E-state index contributed by atoms with van der Waals surface area (Å²) in [6, 6.07) is 4.30. The molecule has 1 heterocycles. The van der Waals surface area contributed by atoms with Crippen molar-refractivity contribution in [1.29, 1.82) is 0 Å². The van der Waals surface area contributed by atoms with Crippen molar-refractivity contribution in [3.8, 4) is 0 Å². The topological polar surface area (TPSA) is 12.9 Å². The number of hydrogen-bond donors (Lipinski definition) is 0. The molecule has 0 spiro atoms. The van der Waals surface area contributed by atoms with Crippen LogP contribution in [0, 0.1) is 12.8 Å². The molecule has 0 aliphatic carbocycles. The number of aryl methyl sites for hydroxylation is 1. The lowest BCUT2D eigenvalue weighted by atomic mass is 9.93. The van der Waals surface area contributed by atoms with Gasteiger partial charge in [0.1, 0.15) is 0 Å². The lowest BCUT2D eigenvalue weighted by molar-refractivity contribution is 0.436. The zero-order chi connectivity index (χ0) is 12.7. The van der Waals surface area contributed by atoms with E-state index in [9.17, 15) is 0 Å². The molecule has 0 aliphatic rings. The van der Waals surface area contributed by atoms with Gasteiger partial charge in [0.25, 0.3) is 0 Å². The first kappa shape index (κ1) is 14.7. The van der Waals surface area contributed by atoms with Gasteiger partial charge in [-0.05, 0) is 30.9 Å². The maximum atomic E-state index is 4.49. The van der Waals surface area contributed by atoms with E-state index in [1.165, 1.54) is 36.9 Å². The van der Waals surface area contributed by atoms with Crippen molar-refractivity contribution in [2.45, 2.75) is 57.7 Å². The lowest BCUT2D eigenvalue weighted by Gasteiger charge is -2.20. The summed E-state index contributed by atoms with van der Waals surface area (Å²) in [6.45, 7) is 6.63. The molecule has 1 aromatic heterocycles. The molecule has 0 fully saturated rings. The van der Waals surface area contributed by atoms with Crippen LogP contribution in [0.3, 0.4) is 0 Å². The molecule has 1 nitrogen and oxygen atoms in total. The van der Waals surface area contributed by atoms with E-state index in [1.54, 1.807) is 0 Å². The standard InChI is InChI=1S/C15H24BrN/c1-4-6-7-13(5-2)15(16)10-14-9-8-12(3)11-17-14/h8-9,11,13,15H,4-7,10H2,1-3H3. The van der Waals surface area contributed by atoms with Gasteiger partial charge in [0, 0.05) is 23.1 Å². The van der Waals surface area contributed by atoms with Crippen molar-refractivity contribution >= 4 is 15.9 Å². The predicted molar refractivity (Wildman–Crippen MR) is 78.7 cm³/mol. The highest BCUT2D eigenvalue weighted by Gasteiger charge is 2.17. The van der Waals surface area contributed by atoms with Crippen LogP contribution in [0.5, 0.6) is 0 Å². The van der Waals surface area contributed by atoms with Gasteiger partial charge in [-0.15, -0.1) is 0 Å². The number of halogens is 1. The summed E-state index contributed by atoms with van der Waals surface area (Å²) < 4.78 is 0. The largest absolute Gasteiger partial charge is 0.261 e. The SMILES string of the molecule is CCCCC(CC)C(Br)Cc1ccc(C)cn1. The molecule has 96 valence electrons. The van der Waals surface area contributed by atoms with Crippen LogP contribution in [-0.2, 0) is 6.42 Å². The number of aromatic nitrogens is 1. The highest BCUT2D eigenvalue weighted by atomic mass is 79.9. The number of hydrogen-bond acceptors (Lipinski definition) is 1. The van der Waals surface area contributed by atoms with Gasteiger partial charge in [0.2, 0.25) is 0 Å². The van der Waals surface area contributed by atoms with Crippen LogP contribution in [0.15, 0.2) is 18.3 Å². The third kappa shape index (κ3) is 5.20. The van der Waals surface area contributed by atoms with Crippen molar-refractivity contribution in [2.24, 2.45) is 5.92 Å². The Morgan fingerprint density at radius 3 is 2.59 bits per heavy atom. The number of alkyl halides is 1. The average molecular weight is 298 g/mol. The summed E-state index contributed by atoms with van der Waals surface area (Å²) in [4.78, 5) is 5.05. The van der Waals surface area contributed by atoms with Crippen LogP contribution in [0.1, 0.15) is 50.8 Å². The van der Waals surface area contributed by atoms with E-state index < -0.39 is 0 Å². The minimum Gasteiger partial charge on any atom is -0.261 e. The normalized spacial score (nSPS) is 14.6. The molecule has 0 aromatic carbocycles. The summed E-state index contributed by atoms with van der Waals surface area (Å²) in [6.07, 6.45) is 8.21. The summed E-state index contributed by atoms with van der Waals surface area (Å²) >= 11 is 3.85. The monoisotopic (exact) mass is 297 g/mol. The third-order valence-corrected chi connectivity index (χ3v) is 4.41. The molecule has 1 rings (SSSR count). The predicted octanol–water partition coefficient (Wildman–Crippen LogP) is 4.91. The minimum absolute atomic E-state index is 0.564. The Morgan fingerprint density at radius 1 is 1.29 bits per heavy atom. The van der Waals surface area contributed by atoms with E-state index in [4.69, 9.17) is 0 Å². The van der Waals surface area contributed by atoms with Crippen molar-refractivity contribution in [3.63, 3.8) is 0 Å². The Kier molecular flexibility index (Phi) is 6.79. The molecule has 17 heavy (non-hydrogen) atoms. The molecule has 1 aromatic rings. The van der Waals surface area contributed by atoms with Gasteiger partial charge in [0.05, 0.1) is 0 Å². The van der Waals surface area contributed by atoms with Gasteiger partial charge in [-0.2, -0.15) is 0 Å². The van der Waals surface area contributed by atoms with E-state index in [1.807, 2.05) is 6.20 Å².